The summed E-state index contributed by atoms with van der Waals surface area (Å²) in [4.78, 5) is 22.9. The van der Waals surface area contributed by atoms with Crippen molar-refractivity contribution >= 4 is 11.9 Å². The van der Waals surface area contributed by atoms with Gasteiger partial charge >= 0.3 is 5.97 Å². The molecule has 2 N–H and O–H groups in total. The lowest BCUT2D eigenvalue weighted by Gasteiger charge is -2.47. The lowest BCUT2D eigenvalue weighted by atomic mass is 9.95. The Bertz CT molecular complexity index is 761. The number of aliphatic hydroxyl groups excluding tert-OH is 1. The molecule has 1 aromatic carbocycles. The summed E-state index contributed by atoms with van der Waals surface area (Å²) in [6.07, 6.45) is 2.65. The molecule has 1 aromatic rings. The van der Waals surface area contributed by atoms with Crippen molar-refractivity contribution in [2.24, 2.45) is 0 Å². The van der Waals surface area contributed by atoms with Crippen LogP contribution in [0.2, 0.25) is 0 Å². The number of amides is 1. The average Bonchev–Trinajstić information content (AvgIpc) is 2.85. The Morgan fingerprint density at radius 3 is 2.47 bits per heavy atom. The van der Waals surface area contributed by atoms with Gasteiger partial charge in [-0.1, -0.05) is 56.0 Å². The first-order valence-corrected chi connectivity index (χ1v) is 12.1. The fourth-order valence-corrected chi connectivity index (χ4v) is 4.28. The Morgan fingerprint density at radius 1 is 1.06 bits per heavy atom. The van der Waals surface area contributed by atoms with Crippen LogP contribution in [0.5, 0.6) is 0 Å². The molecule has 2 saturated heterocycles. The van der Waals surface area contributed by atoms with Crippen molar-refractivity contribution < 1.29 is 38.4 Å². The molecule has 2 aliphatic rings. The molecule has 2 aliphatic heterocycles. The molecule has 9 heteroatoms. The molecule has 1 amide bonds. The molecule has 0 spiro atoms. The van der Waals surface area contributed by atoms with Gasteiger partial charge in [-0.3, -0.25) is 9.59 Å². The van der Waals surface area contributed by atoms with Crippen molar-refractivity contribution in [1.82, 2.24) is 5.32 Å². The van der Waals surface area contributed by atoms with E-state index in [0.29, 0.717) is 13.0 Å². The van der Waals surface area contributed by atoms with Gasteiger partial charge in [-0.2, -0.15) is 0 Å². The zero-order valence-corrected chi connectivity index (χ0v) is 20.0. The number of benzene rings is 1. The van der Waals surface area contributed by atoms with Crippen molar-refractivity contribution in [2.75, 3.05) is 20.3 Å². The number of nitrogens with one attached hydrogen (secondary N) is 1. The standard InChI is InChI=1S/C25H37NO8/c1-17(27)26-21-22(29)23-19(16-32-24(34-23)18-12-8-7-9-13-18)33-25(21)31-15-11-6-4-3-5-10-14-20(28)30-2/h7-9,12-13,19,21-25,29H,3-6,10-11,14-16H2,1-2H3,(H,26,27)/t19-,21-,22-,23-,24?,25-/m1/s1. The predicted octanol–water partition coefficient (Wildman–Crippen LogP) is 2.61. The molecule has 6 atom stereocenters. The third kappa shape index (κ3) is 7.74. The van der Waals surface area contributed by atoms with Crippen LogP contribution in [0.15, 0.2) is 30.3 Å². The molecule has 0 aliphatic carbocycles. The molecule has 9 nitrogen and oxygen atoms in total. The van der Waals surface area contributed by atoms with Crippen LogP contribution in [0.3, 0.4) is 0 Å². The highest BCUT2D eigenvalue weighted by atomic mass is 16.7. The Hall–Kier alpha value is -2.04. The van der Waals surface area contributed by atoms with Crippen LogP contribution < -0.4 is 5.32 Å². The van der Waals surface area contributed by atoms with E-state index in [1.54, 1.807) is 0 Å². The van der Waals surface area contributed by atoms with E-state index in [1.165, 1.54) is 14.0 Å². The molecule has 1 unspecified atom stereocenters. The first-order chi connectivity index (χ1) is 16.5. The van der Waals surface area contributed by atoms with E-state index >= 15 is 0 Å². The summed E-state index contributed by atoms with van der Waals surface area (Å²) in [5, 5.41) is 13.8. The summed E-state index contributed by atoms with van der Waals surface area (Å²) in [6, 6.07) is 8.76. The highest BCUT2D eigenvalue weighted by Crippen LogP contribution is 2.34. The monoisotopic (exact) mass is 479 g/mol. The smallest absolute Gasteiger partial charge is 0.305 e. The first kappa shape index (κ1) is 26.6. The van der Waals surface area contributed by atoms with Crippen molar-refractivity contribution in [1.29, 1.82) is 0 Å². The third-order valence-corrected chi connectivity index (χ3v) is 6.09. The van der Waals surface area contributed by atoms with E-state index in [1.807, 2.05) is 30.3 Å². The Labute approximate surface area is 201 Å². The number of hydrogen-bond donors (Lipinski definition) is 2. The van der Waals surface area contributed by atoms with Gasteiger partial charge in [0.2, 0.25) is 5.91 Å². The number of fused-ring (bicyclic) bond motifs is 1. The topological polar surface area (TPSA) is 113 Å². The van der Waals surface area contributed by atoms with Crippen molar-refractivity contribution in [3.05, 3.63) is 35.9 Å². The second-order valence-corrected chi connectivity index (χ2v) is 8.75. The summed E-state index contributed by atoms with van der Waals surface area (Å²) in [5.74, 6) is -0.443. The van der Waals surface area contributed by atoms with Crippen LogP contribution in [0.4, 0.5) is 0 Å². The molecule has 34 heavy (non-hydrogen) atoms. The molecule has 190 valence electrons. The van der Waals surface area contributed by atoms with E-state index < -0.39 is 36.9 Å². The van der Waals surface area contributed by atoms with Crippen LogP contribution in [-0.2, 0) is 33.3 Å². The van der Waals surface area contributed by atoms with Gasteiger partial charge in [0.1, 0.15) is 24.4 Å². The number of unbranched alkanes of at least 4 members (excludes halogenated alkanes) is 5. The van der Waals surface area contributed by atoms with Gasteiger partial charge in [0.15, 0.2) is 12.6 Å². The molecule has 2 heterocycles. The number of hydrogen-bond acceptors (Lipinski definition) is 8. The van der Waals surface area contributed by atoms with Crippen LogP contribution in [0.1, 0.15) is 63.7 Å². The fourth-order valence-electron chi connectivity index (χ4n) is 4.28. The van der Waals surface area contributed by atoms with Gasteiger partial charge in [0.25, 0.3) is 0 Å². The number of aliphatic hydroxyl groups is 1. The molecule has 3 rings (SSSR count). The van der Waals surface area contributed by atoms with E-state index in [4.69, 9.17) is 18.9 Å². The molecule has 0 radical (unpaired) electrons. The van der Waals surface area contributed by atoms with Crippen molar-refractivity contribution in [2.45, 2.75) is 88.8 Å². The van der Waals surface area contributed by atoms with E-state index in [2.05, 4.69) is 10.1 Å². The summed E-state index contributed by atoms with van der Waals surface area (Å²) in [5.41, 5.74) is 0.855. The summed E-state index contributed by atoms with van der Waals surface area (Å²) < 4.78 is 28.5. The molecule has 0 bridgehead atoms. The van der Waals surface area contributed by atoms with E-state index in [9.17, 15) is 14.7 Å². The van der Waals surface area contributed by atoms with Crippen LogP contribution in [0, 0.1) is 0 Å². The largest absolute Gasteiger partial charge is 0.469 e. The first-order valence-electron chi connectivity index (χ1n) is 12.1. The number of carbonyl (C=O) groups is 2. The third-order valence-electron chi connectivity index (χ3n) is 6.09. The Kier molecular flexibility index (Phi) is 10.7. The number of carbonyl (C=O) groups excluding carboxylic acids is 2. The van der Waals surface area contributed by atoms with Crippen molar-refractivity contribution in [3.8, 4) is 0 Å². The summed E-state index contributed by atoms with van der Waals surface area (Å²) in [6.45, 7) is 2.09. The summed E-state index contributed by atoms with van der Waals surface area (Å²) in [7, 11) is 1.41. The molecular formula is C25H37NO8. The maximum atomic E-state index is 11.8. The molecule has 0 saturated carbocycles. The van der Waals surface area contributed by atoms with Gasteiger partial charge in [-0.15, -0.1) is 0 Å². The minimum Gasteiger partial charge on any atom is -0.469 e. The minimum absolute atomic E-state index is 0.164. The molecular weight excluding hydrogens is 442 g/mol. The lowest BCUT2D eigenvalue weighted by molar-refractivity contribution is -0.344. The quantitative estimate of drug-likeness (QED) is 0.348. The van der Waals surface area contributed by atoms with Crippen LogP contribution in [0.25, 0.3) is 0 Å². The maximum absolute atomic E-state index is 11.8. The second-order valence-electron chi connectivity index (χ2n) is 8.75. The van der Waals surface area contributed by atoms with Gasteiger partial charge < -0.3 is 34.1 Å². The number of ether oxygens (including phenoxy) is 5. The SMILES string of the molecule is COC(=O)CCCCCCCCO[C@@H]1O[C@@H]2COC(c3ccccc3)O[C@H]2[C@H](O)[C@H]1NC(C)=O. The second kappa shape index (κ2) is 13.7. The zero-order valence-electron chi connectivity index (χ0n) is 20.0. The number of methoxy groups -OCH3 is 1. The average molecular weight is 480 g/mol. The molecule has 2 fully saturated rings. The highest BCUT2D eigenvalue weighted by Gasteiger charge is 2.50. The maximum Gasteiger partial charge on any atom is 0.305 e. The normalized spacial score (nSPS) is 28.7. The Morgan fingerprint density at radius 2 is 1.76 bits per heavy atom. The van der Waals surface area contributed by atoms with Gasteiger partial charge in [0, 0.05) is 25.5 Å². The van der Waals surface area contributed by atoms with Crippen LogP contribution >= 0.6 is 0 Å². The lowest BCUT2D eigenvalue weighted by Crippen LogP contribution is -2.66. The number of rotatable bonds is 12. The van der Waals surface area contributed by atoms with E-state index in [-0.39, 0.29) is 18.5 Å². The van der Waals surface area contributed by atoms with Crippen molar-refractivity contribution in [3.63, 3.8) is 0 Å². The van der Waals surface area contributed by atoms with Gasteiger partial charge in [-0.25, -0.2) is 0 Å². The number of esters is 1. The predicted molar refractivity (Wildman–Crippen MR) is 123 cm³/mol. The fraction of sp³-hybridized carbons (Fsp3) is 0.680. The van der Waals surface area contributed by atoms with Gasteiger partial charge in [0.05, 0.1) is 13.7 Å². The minimum atomic E-state index is -1.00. The molecule has 0 aromatic heterocycles. The van der Waals surface area contributed by atoms with Gasteiger partial charge in [-0.05, 0) is 12.8 Å². The zero-order chi connectivity index (χ0) is 24.3. The highest BCUT2D eigenvalue weighted by molar-refractivity contribution is 5.73. The van der Waals surface area contributed by atoms with E-state index in [0.717, 1.165) is 44.1 Å². The summed E-state index contributed by atoms with van der Waals surface area (Å²) >= 11 is 0. The Balaban J connectivity index is 1.44. The van der Waals surface area contributed by atoms with Crippen LogP contribution in [-0.4, -0.2) is 68.0 Å².